The first-order valence-corrected chi connectivity index (χ1v) is 10.1. The summed E-state index contributed by atoms with van der Waals surface area (Å²) in [7, 11) is 0. The van der Waals surface area contributed by atoms with Gasteiger partial charge in [-0.1, -0.05) is 13.8 Å². The molecule has 6 nitrogen and oxygen atoms in total. The first kappa shape index (κ1) is 21.7. The number of nitrogens with zero attached hydrogens (tertiary/aromatic N) is 3. The molecule has 0 unspecified atom stereocenters. The maximum atomic E-state index is 12.3. The van der Waals surface area contributed by atoms with Gasteiger partial charge in [0.25, 0.3) is 5.91 Å². The number of carbonyl (C=O) groups is 2. The third kappa shape index (κ3) is 5.72. The molecule has 0 bridgehead atoms. The molecule has 152 valence electrons. The Balaban J connectivity index is 2.04. The zero-order chi connectivity index (χ0) is 20.7. The zero-order valence-corrected chi connectivity index (χ0v) is 17.5. The van der Waals surface area contributed by atoms with Crippen LogP contribution in [0.5, 0.6) is 0 Å². The number of ether oxygens (including phenoxy) is 1. The number of hydrogen-bond donors (Lipinski definition) is 0. The van der Waals surface area contributed by atoms with Crippen LogP contribution < -0.4 is 0 Å². The molecule has 0 atom stereocenters. The topological polar surface area (TPSA) is 75.3 Å². The van der Waals surface area contributed by atoms with Crippen LogP contribution in [-0.2, 0) is 20.9 Å². The Kier molecular flexibility index (Phi) is 7.86. The number of amides is 1. The van der Waals surface area contributed by atoms with E-state index in [1.807, 2.05) is 26.0 Å². The summed E-state index contributed by atoms with van der Waals surface area (Å²) < 4.78 is 7.31. The first-order chi connectivity index (χ1) is 13.3. The molecule has 1 aromatic heterocycles. The van der Waals surface area contributed by atoms with Crippen molar-refractivity contribution in [1.29, 1.82) is 5.26 Å². The monoisotopic (exact) mass is 385 g/mol. The second kappa shape index (κ2) is 10.1. The quantitative estimate of drug-likeness (QED) is 0.408. The number of rotatable bonds is 7. The Morgan fingerprint density at radius 1 is 1.25 bits per heavy atom. The lowest BCUT2D eigenvalue weighted by molar-refractivity contribution is -0.149. The Morgan fingerprint density at radius 2 is 1.93 bits per heavy atom. The molecule has 1 aromatic rings. The largest absolute Gasteiger partial charge is 0.451 e. The van der Waals surface area contributed by atoms with E-state index in [4.69, 9.17) is 4.74 Å². The number of piperidine rings is 1. The van der Waals surface area contributed by atoms with E-state index in [0.29, 0.717) is 19.0 Å². The molecule has 1 amide bonds. The fraction of sp³-hybridized carbons (Fsp3) is 0.591. The smallest absolute Gasteiger partial charge is 0.349 e. The Morgan fingerprint density at radius 3 is 2.54 bits per heavy atom. The van der Waals surface area contributed by atoms with Crippen molar-refractivity contribution in [2.45, 2.75) is 59.9 Å². The van der Waals surface area contributed by atoms with Crippen LogP contribution in [0.2, 0.25) is 0 Å². The molecule has 28 heavy (non-hydrogen) atoms. The van der Waals surface area contributed by atoms with E-state index in [0.717, 1.165) is 49.2 Å². The van der Waals surface area contributed by atoms with Crippen LogP contribution in [0, 0.1) is 31.1 Å². The molecule has 1 saturated heterocycles. The van der Waals surface area contributed by atoms with Crippen molar-refractivity contribution < 1.29 is 14.3 Å². The molecule has 1 aliphatic rings. The van der Waals surface area contributed by atoms with Gasteiger partial charge in [0.15, 0.2) is 6.61 Å². The fourth-order valence-corrected chi connectivity index (χ4v) is 3.44. The van der Waals surface area contributed by atoms with Gasteiger partial charge in [-0.2, -0.15) is 5.26 Å². The average Bonchev–Trinajstić information content (AvgIpc) is 2.95. The van der Waals surface area contributed by atoms with Gasteiger partial charge in [0, 0.05) is 31.0 Å². The van der Waals surface area contributed by atoms with Crippen molar-refractivity contribution in [1.82, 2.24) is 9.47 Å². The van der Waals surface area contributed by atoms with Crippen molar-refractivity contribution in [3.8, 4) is 6.07 Å². The molecule has 1 fully saturated rings. The summed E-state index contributed by atoms with van der Waals surface area (Å²) in [5, 5.41) is 9.39. The van der Waals surface area contributed by atoms with Gasteiger partial charge in [-0.3, -0.25) is 4.79 Å². The number of aryl methyl sites for hydroxylation is 1. The van der Waals surface area contributed by atoms with Crippen LogP contribution in [-0.4, -0.2) is 41.0 Å². The minimum Gasteiger partial charge on any atom is -0.451 e. The van der Waals surface area contributed by atoms with E-state index >= 15 is 0 Å². The lowest BCUT2D eigenvalue weighted by Gasteiger charge is -2.26. The Labute approximate surface area is 167 Å². The molecular weight excluding hydrogens is 354 g/mol. The van der Waals surface area contributed by atoms with Crippen LogP contribution >= 0.6 is 0 Å². The molecule has 0 saturated carbocycles. The predicted octanol–water partition coefficient (Wildman–Crippen LogP) is 3.61. The number of likely N-dealkylation sites (tertiary alicyclic amines) is 1. The summed E-state index contributed by atoms with van der Waals surface area (Å²) in [5.41, 5.74) is 2.85. The summed E-state index contributed by atoms with van der Waals surface area (Å²) in [6, 6.07) is 3.88. The van der Waals surface area contributed by atoms with Crippen LogP contribution in [0.1, 0.15) is 56.5 Å². The van der Waals surface area contributed by atoms with Crippen LogP contribution in [0.3, 0.4) is 0 Å². The molecular formula is C22H31N3O3. The molecule has 0 radical (unpaired) electrons. The number of carbonyl (C=O) groups excluding carboxylic acids is 2. The van der Waals surface area contributed by atoms with Gasteiger partial charge in [-0.15, -0.1) is 0 Å². The minimum absolute atomic E-state index is 0.0875. The molecule has 0 spiro atoms. The molecule has 0 aromatic carbocycles. The van der Waals surface area contributed by atoms with Crippen LogP contribution in [0.25, 0.3) is 6.08 Å². The highest BCUT2D eigenvalue weighted by Gasteiger charge is 2.20. The normalized spacial score (nSPS) is 14.9. The summed E-state index contributed by atoms with van der Waals surface area (Å²) in [4.78, 5) is 26.2. The van der Waals surface area contributed by atoms with Gasteiger partial charge in [0.2, 0.25) is 0 Å². The van der Waals surface area contributed by atoms with Crippen molar-refractivity contribution >= 4 is 18.0 Å². The van der Waals surface area contributed by atoms with Crippen LogP contribution in [0.15, 0.2) is 11.6 Å². The van der Waals surface area contributed by atoms with Crippen molar-refractivity contribution in [3.05, 3.63) is 28.6 Å². The van der Waals surface area contributed by atoms with E-state index in [9.17, 15) is 14.9 Å². The highest BCUT2D eigenvalue weighted by atomic mass is 16.5. The van der Waals surface area contributed by atoms with Crippen molar-refractivity contribution in [2.75, 3.05) is 19.7 Å². The van der Waals surface area contributed by atoms with Crippen LogP contribution in [0.4, 0.5) is 0 Å². The molecule has 2 heterocycles. The van der Waals surface area contributed by atoms with Gasteiger partial charge < -0.3 is 14.2 Å². The van der Waals surface area contributed by atoms with E-state index in [2.05, 4.69) is 18.4 Å². The third-order valence-corrected chi connectivity index (χ3v) is 5.22. The highest BCUT2D eigenvalue weighted by Crippen LogP contribution is 2.20. The fourth-order valence-electron chi connectivity index (χ4n) is 3.44. The van der Waals surface area contributed by atoms with Crippen molar-refractivity contribution in [2.24, 2.45) is 5.92 Å². The SMILES string of the molecule is Cc1cc(/C=C(\C#N)C(=O)OCC(=O)N2CCCCC2)c(C)n1CCC(C)C. The molecule has 2 rings (SSSR count). The highest BCUT2D eigenvalue weighted by molar-refractivity contribution is 5.99. The average molecular weight is 386 g/mol. The van der Waals surface area contributed by atoms with E-state index in [1.54, 1.807) is 11.0 Å². The summed E-state index contributed by atoms with van der Waals surface area (Å²) in [6.07, 6.45) is 5.71. The zero-order valence-electron chi connectivity index (χ0n) is 17.5. The lowest BCUT2D eigenvalue weighted by Crippen LogP contribution is -2.38. The maximum absolute atomic E-state index is 12.3. The predicted molar refractivity (Wildman–Crippen MR) is 108 cm³/mol. The Hall–Kier alpha value is -2.55. The van der Waals surface area contributed by atoms with Gasteiger partial charge in [0.05, 0.1) is 0 Å². The number of aromatic nitrogens is 1. The maximum Gasteiger partial charge on any atom is 0.349 e. The minimum atomic E-state index is -0.750. The number of esters is 1. The summed E-state index contributed by atoms with van der Waals surface area (Å²) >= 11 is 0. The standard InChI is InChI=1S/C22H31N3O3/c1-16(2)8-11-25-17(3)12-19(18(25)4)13-20(14-23)22(27)28-15-21(26)24-9-6-5-7-10-24/h12-13,16H,5-11,15H2,1-4H3/b20-13+. The molecule has 0 N–H and O–H groups in total. The van der Waals surface area contributed by atoms with Gasteiger partial charge in [-0.05, 0) is 63.2 Å². The van der Waals surface area contributed by atoms with Gasteiger partial charge in [-0.25, -0.2) is 4.79 Å². The second-order valence-corrected chi connectivity index (χ2v) is 7.85. The van der Waals surface area contributed by atoms with E-state index in [-0.39, 0.29) is 18.1 Å². The first-order valence-electron chi connectivity index (χ1n) is 10.1. The lowest BCUT2D eigenvalue weighted by atomic mass is 10.1. The molecule has 1 aliphatic heterocycles. The summed E-state index contributed by atoms with van der Waals surface area (Å²) in [5.74, 6) is -0.348. The molecule has 6 heteroatoms. The van der Waals surface area contributed by atoms with Gasteiger partial charge in [0.1, 0.15) is 11.6 Å². The Bertz CT molecular complexity index is 778. The van der Waals surface area contributed by atoms with Gasteiger partial charge >= 0.3 is 5.97 Å². The number of hydrogen-bond acceptors (Lipinski definition) is 4. The molecule has 0 aliphatic carbocycles. The second-order valence-electron chi connectivity index (χ2n) is 7.85. The third-order valence-electron chi connectivity index (χ3n) is 5.22. The summed E-state index contributed by atoms with van der Waals surface area (Å²) in [6.45, 7) is 10.4. The van der Waals surface area contributed by atoms with E-state index < -0.39 is 5.97 Å². The van der Waals surface area contributed by atoms with E-state index in [1.165, 1.54) is 0 Å². The number of nitriles is 1. The van der Waals surface area contributed by atoms with Crippen molar-refractivity contribution in [3.63, 3.8) is 0 Å².